The minimum Gasteiger partial charge on any atom is -0.493 e. The van der Waals surface area contributed by atoms with Crippen LogP contribution in [0.4, 0.5) is 0 Å². The zero-order chi connectivity index (χ0) is 14.3. The third-order valence-electron chi connectivity index (χ3n) is 3.17. The summed E-state index contributed by atoms with van der Waals surface area (Å²) in [5.74, 6) is 0.967. The number of hydrogen-bond acceptors (Lipinski definition) is 3. The Morgan fingerprint density at radius 2 is 1.89 bits per heavy atom. The van der Waals surface area contributed by atoms with Gasteiger partial charge in [-0.1, -0.05) is 18.2 Å². The van der Waals surface area contributed by atoms with Gasteiger partial charge in [0.15, 0.2) is 0 Å². The summed E-state index contributed by atoms with van der Waals surface area (Å²) < 4.78 is 5.78. The fourth-order valence-electron chi connectivity index (χ4n) is 2.07. The van der Waals surface area contributed by atoms with E-state index in [9.17, 15) is 5.11 Å². The van der Waals surface area contributed by atoms with Gasteiger partial charge in [-0.3, -0.25) is 4.90 Å². The minimum atomic E-state index is -0.278. The summed E-state index contributed by atoms with van der Waals surface area (Å²) in [6, 6.07) is 8.53. The molecule has 1 atom stereocenters. The van der Waals surface area contributed by atoms with Crippen LogP contribution < -0.4 is 4.74 Å². The molecule has 0 radical (unpaired) electrons. The summed E-state index contributed by atoms with van der Waals surface area (Å²) in [6.07, 6.45) is 0.693. The van der Waals surface area contributed by atoms with Crippen molar-refractivity contribution in [2.24, 2.45) is 0 Å². The van der Waals surface area contributed by atoms with Gasteiger partial charge in [0.25, 0.3) is 0 Å². The van der Waals surface area contributed by atoms with E-state index in [2.05, 4.69) is 31.7 Å². The van der Waals surface area contributed by atoms with Crippen LogP contribution in [0, 0.1) is 6.92 Å². The summed E-state index contributed by atoms with van der Waals surface area (Å²) in [5.41, 5.74) is 1.17. The van der Waals surface area contributed by atoms with Crippen molar-refractivity contribution in [2.75, 3.05) is 19.7 Å². The monoisotopic (exact) mass is 265 g/mol. The van der Waals surface area contributed by atoms with Crippen LogP contribution in [0.1, 0.15) is 32.8 Å². The van der Waals surface area contributed by atoms with Crippen LogP contribution in [0.5, 0.6) is 5.75 Å². The first kappa shape index (κ1) is 16.0. The number of benzene rings is 1. The molecule has 1 aromatic carbocycles. The largest absolute Gasteiger partial charge is 0.493 e. The second-order valence-corrected chi connectivity index (χ2v) is 5.41. The van der Waals surface area contributed by atoms with Crippen molar-refractivity contribution in [3.05, 3.63) is 29.8 Å². The molecule has 19 heavy (non-hydrogen) atoms. The third kappa shape index (κ3) is 6.08. The minimum absolute atomic E-state index is 0.278. The molecular weight excluding hydrogens is 238 g/mol. The molecule has 3 nitrogen and oxygen atoms in total. The maximum absolute atomic E-state index is 9.47. The molecule has 0 aliphatic carbocycles. The molecule has 108 valence electrons. The smallest absolute Gasteiger partial charge is 0.122 e. The van der Waals surface area contributed by atoms with Gasteiger partial charge in [-0.15, -0.1) is 0 Å². The molecule has 0 aliphatic heterocycles. The van der Waals surface area contributed by atoms with Crippen molar-refractivity contribution in [1.29, 1.82) is 0 Å². The molecule has 1 rings (SSSR count). The molecule has 0 fully saturated rings. The van der Waals surface area contributed by atoms with Crippen molar-refractivity contribution in [3.8, 4) is 5.75 Å². The average molecular weight is 265 g/mol. The standard InChI is InChI=1S/C16H27NO2/c1-13(2)17(12-15(4)18)10-7-11-19-16-9-6-5-8-14(16)3/h5-6,8-9,13,15,18H,7,10-12H2,1-4H3. The third-order valence-corrected chi connectivity index (χ3v) is 3.17. The lowest BCUT2D eigenvalue weighted by Gasteiger charge is -2.27. The average Bonchev–Trinajstić information content (AvgIpc) is 2.34. The van der Waals surface area contributed by atoms with Crippen molar-refractivity contribution < 1.29 is 9.84 Å². The highest BCUT2D eigenvalue weighted by atomic mass is 16.5. The first-order valence-corrected chi connectivity index (χ1v) is 7.11. The van der Waals surface area contributed by atoms with E-state index in [1.54, 1.807) is 0 Å². The molecule has 0 heterocycles. The van der Waals surface area contributed by atoms with Crippen LogP contribution in [0.2, 0.25) is 0 Å². The van der Waals surface area contributed by atoms with Gasteiger partial charge in [-0.05, 0) is 45.7 Å². The van der Waals surface area contributed by atoms with Crippen LogP contribution in [-0.4, -0.2) is 41.8 Å². The second-order valence-electron chi connectivity index (χ2n) is 5.41. The lowest BCUT2D eigenvalue weighted by Crippen LogP contribution is -2.37. The van der Waals surface area contributed by atoms with E-state index in [1.807, 2.05) is 25.1 Å². The lowest BCUT2D eigenvalue weighted by atomic mass is 10.2. The lowest BCUT2D eigenvalue weighted by molar-refractivity contribution is 0.103. The highest BCUT2D eigenvalue weighted by molar-refractivity contribution is 5.31. The molecule has 0 aromatic heterocycles. The number of aliphatic hydroxyl groups excluding tert-OH is 1. The molecule has 3 heteroatoms. The molecule has 1 aromatic rings. The quantitative estimate of drug-likeness (QED) is 0.734. The highest BCUT2D eigenvalue weighted by Gasteiger charge is 2.11. The molecule has 1 N–H and O–H groups in total. The summed E-state index contributed by atoms with van der Waals surface area (Å²) >= 11 is 0. The molecule has 0 saturated carbocycles. The Morgan fingerprint density at radius 3 is 2.47 bits per heavy atom. The molecule has 0 aliphatic rings. The van der Waals surface area contributed by atoms with Crippen LogP contribution >= 0.6 is 0 Å². The van der Waals surface area contributed by atoms with Gasteiger partial charge in [-0.2, -0.15) is 0 Å². The summed E-state index contributed by atoms with van der Waals surface area (Å²) in [6.45, 7) is 10.6. The van der Waals surface area contributed by atoms with Gasteiger partial charge in [-0.25, -0.2) is 0 Å². The fraction of sp³-hybridized carbons (Fsp3) is 0.625. The Kier molecular flexibility index (Phi) is 6.89. The number of rotatable bonds is 8. The number of aryl methyl sites for hydroxylation is 1. The Bertz CT molecular complexity index is 364. The van der Waals surface area contributed by atoms with E-state index in [1.165, 1.54) is 5.56 Å². The Balaban J connectivity index is 2.31. The van der Waals surface area contributed by atoms with Crippen molar-refractivity contribution in [3.63, 3.8) is 0 Å². The normalized spacial score (nSPS) is 13.0. The number of para-hydroxylation sites is 1. The Hall–Kier alpha value is -1.06. The zero-order valence-electron chi connectivity index (χ0n) is 12.6. The summed E-state index contributed by atoms with van der Waals surface area (Å²) in [4.78, 5) is 2.28. The first-order chi connectivity index (χ1) is 9.00. The van der Waals surface area contributed by atoms with E-state index in [4.69, 9.17) is 4.74 Å². The Morgan fingerprint density at radius 1 is 1.21 bits per heavy atom. The first-order valence-electron chi connectivity index (χ1n) is 7.11. The van der Waals surface area contributed by atoms with Crippen LogP contribution in [0.25, 0.3) is 0 Å². The maximum atomic E-state index is 9.47. The zero-order valence-corrected chi connectivity index (χ0v) is 12.6. The molecular formula is C16H27NO2. The van der Waals surface area contributed by atoms with Gasteiger partial charge < -0.3 is 9.84 Å². The number of ether oxygens (including phenoxy) is 1. The van der Waals surface area contributed by atoms with Gasteiger partial charge >= 0.3 is 0 Å². The second kappa shape index (κ2) is 8.18. The van der Waals surface area contributed by atoms with Crippen molar-refractivity contribution >= 4 is 0 Å². The van der Waals surface area contributed by atoms with E-state index in [0.29, 0.717) is 12.6 Å². The van der Waals surface area contributed by atoms with Gasteiger partial charge in [0.2, 0.25) is 0 Å². The predicted octanol–water partition coefficient (Wildman–Crippen LogP) is 2.86. The molecule has 1 unspecified atom stereocenters. The SMILES string of the molecule is Cc1ccccc1OCCCN(CC(C)O)C(C)C. The van der Waals surface area contributed by atoms with Crippen LogP contribution in [0.15, 0.2) is 24.3 Å². The highest BCUT2D eigenvalue weighted by Crippen LogP contribution is 2.16. The maximum Gasteiger partial charge on any atom is 0.122 e. The van der Waals surface area contributed by atoms with Gasteiger partial charge in [0.05, 0.1) is 12.7 Å². The van der Waals surface area contributed by atoms with Gasteiger partial charge in [0, 0.05) is 19.1 Å². The number of aliphatic hydroxyl groups is 1. The molecule has 0 saturated heterocycles. The number of nitrogens with zero attached hydrogens (tertiary/aromatic N) is 1. The number of hydrogen-bond donors (Lipinski definition) is 1. The van der Waals surface area contributed by atoms with Gasteiger partial charge in [0.1, 0.15) is 5.75 Å². The van der Waals surface area contributed by atoms with Crippen LogP contribution in [-0.2, 0) is 0 Å². The Labute approximate surface area is 117 Å². The predicted molar refractivity (Wildman–Crippen MR) is 79.7 cm³/mol. The van der Waals surface area contributed by atoms with E-state index < -0.39 is 0 Å². The van der Waals surface area contributed by atoms with Crippen molar-refractivity contribution in [1.82, 2.24) is 4.90 Å². The van der Waals surface area contributed by atoms with E-state index in [0.717, 1.165) is 25.3 Å². The topological polar surface area (TPSA) is 32.7 Å². The summed E-state index contributed by atoms with van der Waals surface area (Å²) in [7, 11) is 0. The van der Waals surface area contributed by atoms with Crippen LogP contribution in [0.3, 0.4) is 0 Å². The van der Waals surface area contributed by atoms with Crippen molar-refractivity contribution in [2.45, 2.75) is 46.3 Å². The summed E-state index contributed by atoms with van der Waals surface area (Å²) in [5, 5.41) is 9.47. The van der Waals surface area contributed by atoms with E-state index >= 15 is 0 Å². The van der Waals surface area contributed by atoms with E-state index in [-0.39, 0.29) is 6.10 Å². The molecule has 0 amide bonds. The fourth-order valence-corrected chi connectivity index (χ4v) is 2.07. The molecule has 0 spiro atoms. The molecule has 0 bridgehead atoms.